The number of nitrogen functional groups attached to an aromatic ring is 1. The molecule has 0 aliphatic carbocycles. The van der Waals surface area contributed by atoms with Crippen LogP contribution < -0.4 is 5.73 Å². The van der Waals surface area contributed by atoms with E-state index in [9.17, 15) is 0 Å². The van der Waals surface area contributed by atoms with Crippen molar-refractivity contribution < 1.29 is 0 Å². The number of hydrogen-bond acceptors (Lipinski definition) is 4. The van der Waals surface area contributed by atoms with Gasteiger partial charge in [0.25, 0.3) is 0 Å². The molecule has 0 spiro atoms. The maximum atomic E-state index is 5.43. The van der Waals surface area contributed by atoms with Crippen LogP contribution in [-0.4, -0.2) is 19.7 Å². The van der Waals surface area contributed by atoms with E-state index in [0.717, 1.165) is 17.1 Å². The Bertz CT molecular complexity index is 460. The van der Waals surface area contributed by atoms with E-state index in [1.807, 2.05) is 26.0 Å². The van der Waals surface area contributed by atoms with Gasteiger partial charge in [0, 0.05) is 5.69 Å². The van der Waals surface area contributed by atoms with Gasteiger partial charge in [0.1, 0.15) is 6.33 Å². The molecule has 0 saturated carbocycles. The molecule has 0 unspecified atom stereocenters. The number of nitrogens with two attached hydrogens (primary N) is 1. The van der Waals surface area contributed by atoms with Crippen molar-refractivity contribution in [2.75, 3.05) is 5.73 Å². The number of hydrogen-bond donors (Lipinski definition) is 1. The average molecular weight is 189 g/mol. The third-order valence-corrected chi connectivity index (χ3v) is 1.95. The van der Waals surface area contributed by atoms with Crippen LogP contribution in [0.1, 0.15) is 11.4 Å². The highest BCUT2D eigenvalue weighted by Gasteiger charge is 2.03. The van der Waals surface area contributed by atoms with Crippen LogP contribution in [0.25, 0.3) is 5.69 Å². The standard InChI is InChI=1S/C9H11N5/c1-6-3-4-8(7(2)12-6)14-5-11-9(10)13-14/h3-5H,1-2H3,(H2,10,13). The summed E-state index contributed by atoms with van der Waals surface area (Å²) in [5.74, 6) is 0.268. The molecular weight excluding hydrogens is 178 g/mol. The van der Waals surface area contributed by atoms with Crippen LogP contribution in [0.15, 0.2) is 18.5 Å². The normalized spacial score (nSPS) is 10.4. The Morgan fingerprint density at radius 2 is 2.07 bits per heavy atom. The SMILES string of the molecule is Cc1ccc(-n2cnc(N)n2)c(C)n1. The van der Waals surface area contributed by atoms with Crippen LogP contribution in [0, 0.1) is 13.8 Å². The van der Waals surface area contributed by atoms with Crippen molar-refractivity contribution in [1.82, 2.24) is 19.7 Å². The molecule has 5 nitrogen and oxygen atoms in total. The largest absolute Gasteiger partial charge is 0.366 e. The first-order valence-electron chi connectivity index (χ1n) is 4.28. The number of rotatable bonds is 1. The van der Waals surface area contributed by atoms with Gasteiger partial charge >= 0.3 is 0 Å². The lowest BCUT2D eigenvalue weighted by molar-refractivity contribution is 0.860. The Hall–Kier alpha value is -1.91. The maximum Gasteiger partial charge on any atom is 0.239 e. The van der Waals surface area contributed by atoms with E-state index in [-0.39, 0.29) is 5.95 Å². The van der Waals surface area contributed by atoms with Crippen molar-refractivity contribution in [3.8, 4) is 5.69 Å². The average Bonchev–Trinajstić information content (AvgIpc) is 2.51. The molecule has 2 N–H and O–H groups in total. The first-order valence-corrected chi connectivity index (χ1v) is 4.28. The van der Waals surface area contributed by atoms with Crippen LogP contribution in [0.3, 0.4) is 0 Å². The number of pyridine rings is 1. The highest BCUT2D eigenvalue weighted by Crippen LogP contribution is 2.11. The van der Waals surface area contributed by atoms with Gasteiger partial charge in [0.2, 0.25) is 5.95 Å². The van der Waals surface area contributed by atoms with Gasteiger partial charge in [-0.1, -0.05) is 0 Å². The predicted molar refractivity (Wildman–Crippen MR) is 53.0 cm³/mol. The monoisotopic (exact) mass is 189 g/mol. The zero-order valence-electron chi connectivity index (χ0n) is 8.10. The van der Waals surface area contributed by atoms with Crippen molar-refractivity contribution in [3.05, 3.63) is 29.8 Å². The molecule has 0 bridgehead atoms. The summed E-state index contributed by atoms with van der Waals surface area (Å²) in [4.78, 5) is 8.19. The molecule has 0 radical (unpaired) electrons. The Kier molecular flexibility index (Phi) is 1.92. The Balaban J connectivity index is 2.52. The number of aromatic nitrogens is 4. The van der Waals surface area contributed by atoms with E-state index >= 15 is 0 Å². The summed E-state index contributed by atoms with van der Waals surface area (Å²) in [5.41, 5.74) is 8.23. The molecule has 0 saturated heterocycles. The minimum atomic E-state index is 0.268. The minimum absolute atomic E-state index is 0.268. The Morgan fingerprint density at radius 3 is 2.64 bits per heavy atom. The molecule has 14 heavy (non-hydrogen) atoms. The maximum absolute atomic E-state index is 5.43. The smallest absolute Gasteiger partial charge is 0.239 e. The van der Waals surface area contributed by atoms with Gasteiger partial charge in [0.15, 0.2) is 0 Å². The number of nitrogens with zero attached hydrogens (tertiary/aromatic N) is 4. The number of aryl methyl sites for hydroxylation is 2. The van der Waals surface area contributed by atoms with Gasteiger partial charge in [0.05, 0.1) is 11.4 Å². The molecular formula is C9H11N5. The van der Waals surface area contributed by atoms with Crippen molar-refractivity contribution in [2.45, 2.75) is 13.8 Å². The predicted octanol–water partition coefficient (Wildman–Crippen LogP) is 0.861. The summed E-state index contributed by atoms with van der Waals surface area (Å²) < 4.78 is 1.62. The highest BCUT2D eigenvalue weighted by atomic mass is 15.4. The fraction of sp³-hybridized carbons (Fsp3) is 0.222. The van der Waals surface area contributed by atoms with Gasteiger partial charge < -0.3 is 5.73 Å². The topological polar surface area (TPSA) is 69.6 Å². The molecule has 0 aromatic carbocycles. The third kappa shape index (κ3) is 1.44. The summed E-state index contributed by atoms with van der Waals surface area (Å²) in [6.07, 6.45) is 1.58. The van der Waals surface area contributed by atoms with E-state index in [1.54, 1.807) is 11.0 Å². The zero-order valence-corrected chi connectivity index (χ0v) is 8.10. The van der Waals surface area contributed by atoms with E-state index in [4.69, 9.17) is 5.73 Å². The molecule has 72 valence electrons. The first kappa shape index (κ1) is 8.68. The fourth-order valence-electron chi connectivity index (χ4n) is 1.31. The molecule has 0 aliphatic rings. The van der Waals surface area contributed by atoms with Gasteiger partial charge in [-0.3, -0.25) is 4.98 Å². The lowest BCUT2D eigenvalue weighted by Gasteiger charge is -2.04. The van der Waals surface area contributed by atoms with Crippen molar-refractivity contribution in [1.29, 1.82) is 0 Å². The molecule has 2 aromatic rings. The third-order valence-electron chi connectivity index (χ3n) is 1.95. The molecule has 2 rings (SSSR count). The molecule has 5 heteroatoms. The van der Waals surface area contributed by atoms with Crippen LogP contribution in [0.4, 0.5) is 5.95 Å². The molecule has 2 aromatic heterocycles. The van der Waals surface area contributed by atoms with Gasteiger partial charge in [-0.15, -0.1) is 5.10 Å². The summed E-state index contributed by atoms with van der Waals surface area (Å²) in [7, 11) is 0. The molecule has 0 aliphatic heterocycles. The van der Waals surface area contributed by atoms with Crippen LogP contribution in [-0.2, 0) is 0 Å². The van der Waals surface area contributed by atoms with Crippen molar-refractivity contribution in [2.24, 2.45) is 0 Å². The summed E-state index contributed by atoms with van der Waals surface area (Å²) in [6.45, 7) is 3.88. The van der Waals surface area contributed by atoms with Crippen LogP contribution in [0.5, 0.6) is 0 Å². The zero-order chi connectivity index (χ0) is 10.1. The number of anilines is 1. The second-order valence-corrected chi connectivity index (χ2v) is 3.10. The fourth-order valence-corrected chi connectivity index (χ4v) is 1.31. The lowest BCUT2D eigenvalue weighted by Crippen LogP contribution is -2.01. The first-order chi connectivity index (χ1) is 6.66. The van der Waals surface area contributed by atoms with Crippen LogP contribution in [0.2, 0.25) is 0 Å². The summed E-state index contributed by atoms with van der Waals surface area (Å²) >= 11 is 0. The van der Waals surface area contributed by atoms with Gasteiger partial charge in [-0.2, -0.15) is 0 Å². The van der Waals surface area contributed by atoms with E-state index in [2.05, 4.69) is 15.1 Å². The summed E-state index contributed by atoms with van der Waals surface area (Å²) in [5, 5.41) is 4.01. The summed E-state index contributed by atoms with van der Waals surface area (Å²) in [6, 6.07) is 3.88. The quantitative estimate of drug-likeness (QED) is 0.722. The van der Waals surface area contributed by atoms with E-state index in [1.165, 1.54) is 0 Å². The van der Waals surface area contributed by atoms with Gasteiger partial charge in [-0.05, 0) is 26.0 Å². The van der Waals surface area contributed by atoms with Crippen molar-refractivity contribution in [3.63, 3.8) is 0 Å². The van der Waals surface area contributed by atoms with Crippen LogP contribution >= 0.6 is 0 Å². The van der Waals surface area contributed by atoms with E-state index < -0.39 is 0 Å². The lowest BCUT2D eigenvalue weighted by atomic mass is 10.3. The molecule has 2 heterocycles. The Morgan fingerprint density at radius 1 is 1.29 bits per heavy atom. The van der Waals surface area contributed by atoms with Crippen molar-refractivity contribution >= 4 is 5.95 Å². The molecule has 0 amide bonds. The highest BCUT2D eigenvalue weighted by molar-refractivity contribution is 5.36. The minimum Gasteiger partial charge on any atom is -0.366 e. The second kappa shape index (κ2) is 3.10. The second-order valence-electron chi connectivity index (χ2n) is 3.10. The van der Waals surface area contributed by atoms with E-state index in [0.29, 0.717) is 0 Å². The van der Waals surface area contributed by atoms with Gasteiger partial charge in [-0.25, -0.2) is 9.67 Å². The molecule has 0 fully saturated rings. The molecule has 0 atom stereocenters. The Labute approximate surface area is 81.6 Å².